The van der Waals surface area contributed by atoms with Gasteiger partial charge in [-0.2, -0.15) is 0 Å². The summed E-state index contributed by atoms with van der Waals surface area (Å²) in [6.45, 7) is 0. The molecule has 164 valence electrons. The van der Waals surface area contributed by atoms with E-state index in [9.17, 15) is 9.59 Å². The van der Waals surface area contributed by atoms with E-state index >= 15 is 0 Å². The van der Waals surface area contributed by atoms with Gasteiger partial charge in [-0.15, -0.1) is 11.8 Å². The number of nitrogens with one attached hydrogen (secondary N) is 1. The molecule has 1 saturated heterocycles. The van der Waals surface area contributed by atoms with Gasteiger partial charge in [0.1, 0.15) is 5.37 Å². The SMILES string of the molecule is CN(C)c1ccc(N2C(=O)CSC2c2cccc(NC(=O)c3ccc(Cl)cc3Cl)c2)cc1. The lowest BCUT2D eigenvalue weighted by Crippen LogP contribution is -2.27. The normalized spacial score (nSPS) is 15.7. The Labute approximate surface area is 201 Å². The first-order valence-electron chi connectivity index (χ1n) is 9.91. The highest BCUT2D eigenvalue weighted by molar-refractivity contribution is 8.00. The quantitative estimate of drug-likeness (QED) is 0.474. The fourth-order valence-electron chi connectivity index (χ4n) is 3.50. The second-order valence-electron chi connectivity index (χ2n) is 7.54. The zero-order valence-electron chi connectivity index (χ0n) is 17.5. The van der Waals surface area contributed by atoms with Gasteiger partial charge in [-0.25, -0.2) is 0 Å². The number of halogens is 2. The maximum Gasteiger partial charge on any atom is 0.257 e. The minimum atomic E-state index is -0.324. The van der Waals surface area contributed by atoms with Gasteiger partial charge in [-0.3, -0.25) is 14.5 Å². The zero-order valence-corrected chi connectivity index (χ0v) is 19.8. The smallest absolute Gasteiger partial charge is 0.257 e. The van der Waals surface area contributed by atoms with E-state index in [1.54, 1.807) is 28.8 Å². The van der Waals surface area contributed by atoms with Crippen molar-refractivity contribution in [1.82, 2.24) is 0 Å². The van der Waals surface area contributed by atoms with Crippen LogP contribution < -0.4 is 15.1 Å². The van der Waals surface area contributed by atoms with Crippen LogP contribution in [0.1, 0.15) is 21.3 Å². The van der Waals surface area contributed by atoms with Crippen LogP contribution in [-0.2, 0) is 4.79 Å². The summed E-state index contributed by atoms with van der Waals surface area (Å²) >= 11 is 13.6. The van der Waals surface area contributed by atoms with Gasteiger partial charge in [0.25, 0.3) is 5.91 Å². The van der Waals surface area contributed by atoms with Crippen molar-refractivity contribution >= 4 is 63.8 Å². The van der Waals surface area contributed by atoms with Crippen molar-refractivity contribution in [3.8, 4) is 0 Å². The summed E-state index contributed by atoms with van der Waals surface area (Å²) in [6, 6.07) is 20.2. The van der Waals surface area contributed by atoms with Crippen LogP contribution in [0, 0.1) is 0 Å². The lowest BCUT2D eigenvalue weighted by atomic mass is 10.1. The topological polar surface area (TPSA) is 52.6 Å². The number of hydrogen-bond acceptors (Lipinski definition) is 4. The van der Waals surface area contributed by atoms with Crippen molar-refractivity contribution in [1.29, 1.82) is 0 Å². The van der Waals surface area contributed by atoms with Gasteiger partial charge >= 0.3 is 0 Å². The van der Waals surface area contributed by atoms with Gasteiger partial charge in [0, 0.05) is 36.2 Å². The Morgan fingerprint density at radius 3 is 2.50 bits per heavy atom. The molecule has 1 N–H and O–H groups in total. The maximum atomic E-state index is 12.7. The third kappa shape index (κ3) is 4.72. The minimum absolute atomic E-state index is 0.0555. The first kappa shape index (κ1) is 22.5. The molecule has 0 aliphatic carbocycles. The highest BCUT2D eigenvalue weighted by Gasteiger charge is 2.34. The Morgan fingerprint density at radius 2 is 1.81 bits per heavy atom. The molecule has 1 unspecified atom stereocenters. The number of carbonyl (C=O) groups is 2. The van der Waals surface area contributed by atoms with Crippen LogP contribution in [0.5, 0.6) is 0 Å². The van der Waals surface area contributed by atoms with E-state index in [4.69, 9.17) is 23.2 Å². The molecule has 0 bridgehead atoms. The second kappa shape index (κ2) is 9.45. The lowest BCUT2D eigenvalue weighted by molar-refractivity contribution is -0.115. The fraction of sp³-hybridized carbons (Fsp3) is 0.167. The zero-order chi connectivity index (χ0) is 22.8. The summed E-state index contributed by atoms with van der Waals surface area (Å²) < 4.78 is 0. The molecule has 3 aromatic carbocycles. The summed E-state index contributed by atoms with van der Waals surface area (Å²) in [6.07, 6.45) is 0. The van der Waals surface area contributed by atoms with Gasteiger partial charge in [-0.05, 0) is 60.2 Å². The molecule has 1 heterocycles. The van der Waals surface area contributed by atoms with Crippen molar-refractivity contribution in [3.63, 3.8) is 0 Å². The average molecular weight is 486 g/mol. The van der Waals surface area contributed by atoms with Gasteiger partial charge in [-0.1, -0.05) is 35.3 Å². The number of rotatable bonds is 5. The van der Waals surface area contributed by atoms with Crippen molar-refractivity contribution in [3.05, 3.63) is 87.9 Å². The minimum Gasteiger partial charge on any atom is -0.378 e. The Morgan fingerprint density at radius 1 is 1.06 bits per heavy atom. The van der Waals surface area contributed by atoms with E-state index < -0.39 is 0 Å². The number of benzene rings is 3. The van der Waals surface area contributed by atoms with Crippen molar-refractivity contribution in [2.45, 2.75) is 5.37 Å². The van der Waals surface area contributed by atoms with E-state index in [0.717, 1.165) is 16.9 Å². The van der Waals surface area contributed by atoms with E-state index in [-0.39, 0.29) is 22.2 Å². The van der Waals surface area contributed by atoms with Crippen LogP contribution in [0.2, 0.25) is 10.0 Å². The molecule has 0 saturated carbocycles. The molecule has 0 spiro atoms. The summed E-state index contributed by atoms with van der Waals surface area (Å²) in [7, 11) is 3.96. The molecule has 2 amide bonds. The average Bonchev–Trinajstić information content (AvgIpc) is 3.15. The van der Waals surface area contributed by atoms with Gasteiger partial charge < -0.3 is 10.2 Å². The third-order valence-corrected chi connectivity index (χ3v) is 6.88. The van der Waals surface area contributed by atoms with Crippen LogP contribution in [0.4, 0.5) is 17.1 Å². The van der Waals surface area contributed by atoms with Gasteiger partial charge in [0.2, 0.25) is 5.91 Å². The predicted octanol–water partition coefficient (Wildman–Crippen LogP) is 6.09. The molecule has 5 nitrogen and oxygen atoms in total. The number of hydrogen-bond donors (Lipinski definition) is 1. The number of nitrogens with zero attached hydrogens (tertiary/aromatic N) is 2. The van der Waals surface area contributed by atoms with E-state index in [1.165, 1.54) is 6.07 Å². The number of carbonyl (C=O) groups excluding carboxylic acids is 2. The first-order chi connectivity index (χ1) is 15.3. The van der Waals surface area contributed by atoms with Gasteiger partial charge in [0.05, 0.1) is 16.3 Å². The summed E-state index contributed by atoms with van der Waals surface area (Å²) in [5, 5.41) is 3.46. The molecule has 0 radical (unpaired) electrons. The Bertz CT molecular complexity index is 1170. The molecule has 1 aliphatic heterocycles. The van der Waals surface area contributed by atoms with Crippen molar-refractivity contribution in [2.75, 3.05) is 35.0 Å². The van der Waals surface area contributed by atoms with E-state index in [1.807, 2.05) is 67.5 Å². The summed E-state index contributed by atoms with van der Waals surface area (Å²) in [5.41, 5.74) is 3.81. The summed E-state index contributed by atoms with van der Waals surface area (Å²) in [4.78, 5) is 29.2. The van der Waals surface area contributed by atoms with Crippen LogP contribution in [0.25, 0.3) is 0 Å². The van der Waals surface area contributed by atoms with Gasteiger partial charge in [0.15, 0.2) is 0 Å². The molecule has 0 aromatic heterocycles. The maximum absolute atomic E-state index is 12.7. The molecule has 3 aromatic rings. The van der Waals surface area contributed by atoms with Crippen molar-refractivity contribution < 1.29 is 9.59 Å². The highest BCUT2D eigenvalue weighted by Crippen LogP contribution is 2.42. The molecule has 4 rings (SSSR count). The number of anilines is 3. The van der Waals surface area contributed by atoms with Crippen molar-refractivity contribution in [2.24, 2.45) is 0 Å². The largest absolute Gasteiger partial charge is 0.378 e. The standard InChI is InChI=1S/C24H21Cl2N3O2S/c1-28(2)18-7-9-19(10-8-18)29-22(30)14-32-24(29)15-4-3-5-17(12-15)27-23(31)20-11-6-16(25)13-21(20)26/h3-13,24H,14H2,1-2H3,(H,27,31). The molecule has 1 atom stereocenters. The van der Waals surface area contributed by atoms with E-state index in [2.05, 4.69) is 5.32 Å². The Hall–Kier alpha value is -2.67. The molecule has 8 heteroatoms. The second-order valence-corrected chi connectivity index (χ2v) is 9.45. The van der Waals surface area contributed by atoms with Crippen LogP contribution in [-0.4, -0.2) is 31.7 Å². The molecular weight excluding hydrogens is 465 g/mol. The Balaban J connectivity index is 1.57. The first-order valence-corrected chi connectivity index (χ1v) is 11.7. The molecule has 1 fully saturated rings. The van der Waals surface area contributed by atoms with Crippen LogP contribution in [0.3, 0.4) is 0 Å². The third-order valence-electron chi connectivity index (χ3n) is 5.12. The molecule has 32 heavy (non-hydrogen) atoms. The molecular formula is C24H21Cl2N3O2S. The molecule has 1 aliphatic rings. The van der Waals surface area contributed by atoms with Crippen LogP contribution in [0.15, 0.2) is 66.7 Å². The number of thioether (sulfide) groups is 1. The number of amides is 2. The lowest BCUT2D eigenvalue weighted by Gasteiger charge is -2.25. The predicted molar refractivity (Wildman–Crippen MR) is 134 cm³/mol. The van der Waals surface area contributed by atoms with E-state index in [0.29, 0.717) is 22.0 Å². The Kier molecular flexibility index (Phi) is 6.65. The highest BCUT2D eigenvalue weighted by atomic mass is 35.5. The fourth-order valence-corrected chi connectivity index (χ4v) is 5.16. The van der Waals surface area contributed by atoms with Crippen LogP contribution >= 0.6 is 35.0 Å². The summed E-state index contributed by atoms with van der Waals surface area (Å²) in [5.74, 6) is 0.131. The monoisotopic (exact) mass is 485 g/mol.